The molecule has 0 aliphatic heterocycles. The molecule has 1 N–H and O–H groups in total. The SMILES string of the molecule is O=C(Nc1ccnn1Cc1ccc(Cl)cc1Cl)c1cccc(Cl)c1Cl. The van der Waals surface area contributed by atoms with Crippen LogP contribution in [0.1, 0.15) is 15.9 Å². The second-order valence-corrected chi connectivity index (χ2v) is 6.79. The van der Waals surface area contributed by atoms with E-state index < -0.39 is 0 Å². The highest BCUT2D eigenvalue weighted by atomic mass is 35.5. The zero-order chi connectivity index (χ0) is 18.0. The number of anilines is 1. The third-order valence-corrected chi connectivity index (χ3v) is 4.90. The van der Waals surface area contributed by atoms with E-state index in [9.17, 15) is 4.79 Å². The number of nitrogens with zero attached hydrogens (tertiary/aromatic N) is 2. The van der Waals surface area contributed by atoms with Crippen LogP contribution in [-0.4, -0.2) is 15.7 Å². The molecule has 0 atom stereocenters. The fourth-order valence-electron chi connectivity index (χ4n) is 2.24. The monoisotopic (exact) mass is 413 g/mol. The Morgan fingerprint density at radius 3 is 2.60 bits per heavy atom. The summed E-state index contributed by atoms with van der Waals surface area (Å²) in [7, 11) is 0. The highest BCUT2D eigenvalue weighted by molar-refractivity contribution is 6.44. The first-order valence-corrected chi connectivity index (χ1v) is 8.68. The Balaban J connectivity index is 1.82. The van der Waals surface area contributed by atoms with Gasteiger partial charge in [-0.1, -0.05) is 58.5 Å². The van der Waals surface area contributed by atoms with Crippen LogP contribution >= 0.6 is 46.4 Å². The van der Waals surface area contributed by atoms with Crippen LogP contribution in [-0.2, 0) is 6.54 Å². The molecule has 1 aromatic heterocycles. The molecular formula is C17H11Cl4N3O. The molecule has 128 valence electrons. The van der Waals surface area contributed by atoms with E-state index in [1.165, 1.54) is 0 Å². The summed E-state index contributed by atoms with van der Waals surface area (Å²) < 4.78 is 1.62. The van der Waals surface area contributed by atoms with Crippen LogP contribution in [0.25, 0.3) is 0 Å². The summed E-state index contributed by atoms with van der Waals surface area (Å²) in [4.78, 5) is 12.5. The summed E-state index contributed by atoms with van der Waals surface area (Å²) in [6.45, 7) is 0.377. The Kier molecular flexibility index (Phi) is 5.54. The molecule has 0 unspecified atom stereocenters. The van der Waals surface area contributed by atoms with Crippen molar-refractivity contribution in [2.45, 2.75) is 6.54 Å². The number of carbonyl (C=O) groups is 1. The molecule has 0 saturated carbocycles. The van der Waals surface area contributed by atoms with E-state index in [-0.39, 0.29) is 16.5 Å². The van der Waals surface area contributed by atoms with Gasteiger partial charge in [-0.15, -0.1) is 0 Å². The van der Waals surface area contributed by atoms with Crippen molar-refractivity contribution in [3.8, 4) is 0 Å². The van der Waals surface area contributed by atoms with Crippen molar-refractivity contribution >= 4 is 58.1 Å². The second kappa shape index (κ2) is 7.67. The largest absolute Gasteiger partial charge is 0.307 e. The molecule has 0 spiro atoms. The lowest BCUT2D eigenvalue weighted by Crippen LogP contribution is -2.16. The first-order chi connectivity index (χ1) is 12.0. The normalized spacial score (nSPS) is 10.7. The first kappa shape index (κ1) is 18.1. The summed E-state index contributed by atoms with van der Waals surface area (Å²) in [6.07, 6.45) is 1.58. The highest BCUT2D eigenvalue weighted by Crippen LogP contribution is 2.27. The molecular weight excluding hydrogens is 404 g/mol. The smallest absolute Gasteiger partial charge is 0.258 e. The maximum absolute atomic E-state index is 12.5. The molecule has 0 aliphatic rings. The number of carbonyl (C=O) groups excluding carboxylic acids is 1. The number of nitrogens with one attached hydrogen (secondary N) is 1. The van der Waals surface area contributed by atoms with Gasteiger partial charge in [0.15, 0.2) is 0 Å². The Hall–Kier alpha value is -1.72. The van der Waals surface area contributed by atoms with E-state index in [4.69, 9.17) is 46.4 Å². The number of benzene rings is 2. The van der Waals surface area contributed by atoms with E-state index in [0.29, 0.717) is 27.4 Å². The van der Waals surface area contributed by atoms with Crippen LogP contribution in [0.4, 0.5) is 5.82 Å². The van der Waals surface area contributed by atoms with Gasteiger partial charge in [-0.25, -0.2) is 4.68 Å². The molecule has 4 nitrogen and oxygen atoms in total. The maximum Gasteiger partial charge on any atom is 0.258 e. The third-order valence-electron chi connectivity index (χ3n) is 3.49. The lowest BCUT2D eigenvalue weighted by atomic mass is 10.2. The van der Waals surface area contributed by atoms with Crippen LogP contribution in [0.2, 0.25) is 20.1 Å². The van der Waals surface area contributed by atoms with Crippen LogP contribution < -0.4 is 5.32 Å². The fraction of sp³-hybridized carbons (Fsp3) is 0.0588. The average molecular weight is 415 g/mol. The lowest BCUT2D eigenvalue weighted by molar-refractivity contribution is 0.102. The molecule has 0 bridgehead atoms. The molecule has 2 aromatic carbocycles. The van der Waals surface area contributed by atoms with Crippen molar-refractivity contribution < 1.29 is 4.79 Å². The third kappa shape index (κ3) is 4.10. The van der Waals surface area contributed by atoms with Gasteiger partial charge in [0.2, 0.25) is 0 Å². The maximum atomic E-state index is 12.5. The summed E-state index contributed by atoms with van der Waals surface area (Å²) in [5.74, 6) is 0.128. The lowest BCUT2D eigenvalue weighted by Gasteiger charge is -2.11. The van der Waals surface area contributed by atoms with Crippen LogP contribution in [0, 0.1) is 0 Å². The summed E-state index contributed by atoms with van der Waals surface area (Å²) in [5.41, 5.74) is 1.11. The topological polar surface area (TPSA) is 46.9 Å². The minimum absolute atomic E-state index is 0.202. The number of aromatic nitrogens is 2. The highest BCUT2D eigenvalue weighted by Gasteiger charge is 2.15. The number of amides is 1. The predicted molar refractivity (Wildman–Crippen MR) is 102 cm³/mol. The van der Waals surface area contributed by atoms with Crippen molar-refractivity contribution in [2.75, 3.05) is 5.32 Å². The molecule has 1 heterocycles. The minimum Gasteiger partial charge on any atom is -0.307 e. The second-order valence-electron chi connectivity index (χ2n) is 5.17. The summed E-state index contributed by atoms with van der Waals surface area (Å²) in [6, 6.07) is 11.8. The molecule has 0 radical (unpaired) electrons. The first-order valence-electron chi connectivity index (χ1n) is 7.17. The summed E-state index contributed by atoms with van der Waals surface area (Å²) >= 11 is 24.1. The van der Waals surface area contributed by atoms with Gasteiger partial charge < -0.3 is 5.32 Å². The number of rotatable bonds is 4. The van der Waals surface area contributed by atoms with E-state index in [0.717, 1.165) is 5.56 Å². The van der Waals surface area contributed by atoms with Gasteiger partial charge in [-0.2, -0.15) is 5.10 Å². The minimum atomic E-state index is -0.378. The van der Waals surface area contributed by atoms with Crippen LogP contribution in [0.15, 0.2) is 48.7 Å². The van der Waals surface area contributed by atoms with Gasteiger partial charge in [-0.3, -0.25) is 4.79 Å². The van der Waals surface area contributed by atoms with Gasteiger partial charge in [0.1, 0.15) is 5.82 Å². The Morgan fingerprint density at radius 1 is 1.04 bits per heavy atom. The van der Waals surface area contributed by atoms with Crippen LogP contribution in [0.3, 0.4) is 0 Å². The molecule has 1 amide bonds. The molecule has 25 heavy (non-hydrogen) atoms. The Labute approximate surface area is 164 Å². The van der Waals surface area contributed by atoms with Gasteiger partial charge in [0.25, 0.3) is 5.91 Å². The van der Waals surface area contributed by atoms with Crippen molar-refractivity contribution in [3.63, 3.8) is 0 Å². The number of hydrogen-bond donors (Lipinski definition) is 1. The fourth-order valence-corrected chi connectivity index (χ4v) is 3.09. The van der Waals surface area contributed by atoms with Crippen molar-refractivity contribution in [2.24, 2.45) is 0 Å². The van der Waals surface area contributed by atoms with Crippen molar-refractivity contribution in [1.82, 2.24) is 9.78 Å². The van der Waals surface area contributed by atoms with Crippen molar-refractivity contribution in [1.29, 1.82) is 0 Å². The Bertz CT molecular complexity index is 939. The van der Waals surface area contributed by atoms with Gasteiger partial charge in [-0.05, 0) is 29.8 Å². The van der Waals surface area contributed by atoms with Gasteiger partial charge in [0.05, 0.1) is 28.4 Å². The molecule has 3 rings (SSSR count). The Morgan fingerprint density at radius 2 is 1.84 bits per heavy atom. The summed E-state index contributed by atoms with van der Waals surface area (Å²) in [5, 5.41) is 8.59. The van der Waals surface area contributed by atoms with E-state index in [2.05, 4.69) is 10.4 Å². The van der Waals surface area contributed by atoms with Gasteiger partial charge in [0, 0.05) is 16.1 Å². The zero-order valence-corrected chi connectivity index (χ0v) is 15.7. The van der Waals surface area contributed by atoms with Gasteiger partial charge >= 0.3 is 0 Å². The molecule has 0 saturated heterocycles. The molecule has 0 aliphatic carbocycles. The quantitative estimate of drug-likeness (QED) is 0.586. The zero-order valence-electron chi connectivity index (χ0n) is 12.6. The van der Waals surface area contributed by atoms with E-state index in [1.54, 1.807) is 47.3 Å². The van der Waals surface area contributed by atoms with Crippen molar-refractivity contribution in [3.05, 3.63) is 79.9 Å². The van der Waals surface area contributed by atoms with E-state index in [1.807, 2.05) is 6.07 Å². The van der Waals surface area contributed by atoms with Crippen LogP contribution in [0.5, 0.6) is 0 Å². The standard InChI is InChI=1S/C17H11Cl4N3O/c18-11-5-4-10(14(20)8-11)9-24-15(6-7-22-24)23-17(25)12-2-1-3-13(19)16(12)21/h1-8H,9H2,(H,23,25). The molecule has 3 aromatic rings. The number of halogens is 4. The molecule has 8 heteroatoms. The van der Waals surface area contributed by atoms with E-state index >= 15 is 0 Å². The predicted octanol–water partition coefficient (Wildman–Crippen LogP) is 5.80. The number of hydrogen-bond acceptors (Lipinski definition) is 2. The molecule has 0 fully saturated rings. The average Bonchev–Trinajstić information content (AvgIpc) is 2.99.